The third kappa shape index (κ3) is 1.02. The Kier molecular flexibility index (Phi) is 1.48. The molecule has 2 N–H and O–H groups in total. The van der Waals surface area contributed by atoms with Crippen LogP contribution in [-0.4, -0.2) is 17.1 Å². The molecule has 1 atom stereocenters. The second-order valence-corrected chi connectivity index (χ2v) is 2.54. The molecule has 0 fully saturated rings. The van der Waals surface area contributed by atoms with Crippen LogP contribution in [0.3, 0.4) is 0 Å². The van der Waals surface area contributed by atoms with Gasteiger partial charge in [0.25, 0.3) is 5.91 Å². The smallest absolute Gasteiger partial charge is 0.268 e. The van der Waals surface area contributed by atoms with Gasteiger partial charge in [0, 0.05) is 11.6 Å². The Bertz CT molecular complexity index is 314. The number of hydroxylamine groups is 1. The van der Waals surface area contributed by atoms with Gasteiger partial charge >= 0.3 is 0 Å². The molecule has 0 bridgehead atoms. The Balaban J connectivity index is 2.40. The summed E-state index contributed by atoms with van der Waals surface area (Å²) in [6, 6.07) is 0. The lowest BCUT2D eigenvalue weighted by molar-refractivity contribution is -0.132. The zero-order valence-electron chi connectivity index (χ0n) is 6.15. The zero-order chi connectivity index (χ0) is 8.55. The molecule has 12 heavy (non-hydrogen) atoms. The van der Waals surface area contributed by atoms with Crippen LogP contribution in [0.4, 0.5) is 0 Å². The number of hydrogen-bond acceptors (Lipinski definition) is 3. The van der Waals surface area contributed by atoms with Gasteiger partial charge in [-0.25, -0.2) is 5.48 Å². The van der Waals surface area contributed by atoms with Gasteiger partial charge in [-0.1, -0.05) is 6.08 Å². The first kappa shape index (κ1) is 7.12. The molecule has 0 spiro atoms. The monoisotopic (exact) mass is 165 g/mol. The van der Waals surface area contributed by atoms with Gasteiger partial charge in [0.15, 0.2) is 0 Å². The van der Waals surface area contributed by atoms with Crippen LogP contribution in [0.1, 0.15) is 0 Å². The van der Waals surface area contributed by atoms with Crippen LogP contribution in [-0.2, 0) is 9.63 Å². The van der Waals surface area contributed by atoms with E-state index in [9.17, 15) is 9.90 Å². The standard InChI is InChI=1S/C8H7NO3/c10-6-2-1-3-7-5(6)4-8(11)9-12-7/h1-4,7,10H,(H,9,11). The van der Waals surface area contributed by atoms with Crippen LogP contribution in [0.2, 0.25) is 0 Å². The number of hydrogen-bond donors (Lipinski definition) is 2. The van der Waals surface area contributed by atoms with Crippen LogP contribution in [0, 0.1) is 0 Å². The van der Waals surface area contributed by atoms with Crippen LogP contribution < -0.4 is 5.48 Å². The van der Waals surface area contributed by atoms with Crippen molar-refractivity contribution in [1.29, 1.82) is 0 Å². The fourth-order valence-electron chi connectivity index (χ4n) is 1.14. The summed E-state index contributed by atoms with van der Waals surface area (Å²) in [5.74, 6) is -0.270. The molecule has 0 aromatic heterocycles. The largest absolute Gasteiger partial charge is 0.508 e. The average molecular weight is 165 g/mol. The van der Waals surface area contributed by atoms with Gasteiger partial charge in [-0.05, 0) is 12.2 Å². The van der Waals surface area contributed by atoms with Gasteiger partial charge < -0.3 is 5.11 Å². The molecule has 62 valence electrons. The summed E-state index contributed by atoms with van der Waals surface area (Å²) < 4.78 is 0. The van der Waals surface area contributed by atoms with Crippen LogP contribution in [0.5, 0.6) is 0 Å². The predicted molar refractivity (Wildman–Crippen MR) is 41.0 cm³/mol. The Morgan fingerprint density at radius 3 is 3.25 bits per heavy atom. The summed E-state index contributed by atoms with van der Waals surface area (Å²) in [5, 5.41) is 9.30. The maximum Gasteiger partial charge on any atom is 0.268 e. The van der Waals surface area contributed by atoms with Gasteiger partial charge in [-0.2, -0.15) is 0 Å². The van der Waals surface area contributed by atoms with Crippen molar-refractivity contribution in [3.63, 3.8) is 0 Å². The molecule has 1 aliphatic carbocycles. The molecular formula is C8H7NO3. The van der Waals surface area contributed by atoms with Crippen LogP contribution in [0.25, 0.3) is 0 Å². The molecule has 2 rings (SSSR count). The molecule has 0 aromatic carbocycles. The summed E-state index contributed by atoms with van der Waals surface area (Å²) in [6.45, 7) is 0. The Morgan fingerprint density at radius 1 is 1.58 bits per heavy atom. The van der Waals surface area contributed by atoms with E-state index in [4.69, 9.17) is 4.84 Å². The zero-order valence-corrected chi connectivity index (χ0v) is 6.15. The second kappa shape index (κ2) is 2.49. The minimum Gasteiger partial charge on any atom is -0.508 e. The number of rotatable bonds is 0. The van der Waals surface area contributed by atoms with Gasteiger partial charge in [0.1, 0.15) is 11.9 Å². The number of nitrogens with one attached hydrogen (secondary N) is 1. The summed E-state index contributed by atoms with van der Waals surface area (Å²) in [5.41, 5.74) is 2.70. The van der Waals surface area contributed by atoms with E-state index in [1.807, 2.05) is 0 Å². The van der Waals surface area contributed by atoms with E-state index >= 15 is 0 Å². The number of amides is 1. The maximum atomic E-state index is 10.8. The van der Waals surface area contributed by atoms with Crippen molar-refractivity contribution < 1.29 is 14.7 Å². The summed E-state index contributed by atoms with van der Waals surface area (Å²) >= 11 is 0. The van der Waals surface area contributed by atoms with Crippen molar-refractivity contribution in [3.05, 3.63) is 35.6 Å². The summed E-state index contributed by atoms with van der Waals surface area (Å²) in [6.07, 6.45) is 5.90. The summed E-state index contributed by atoms with van der Waals surface area (Å²) in [7, 11) is 0. The number of allylic oxidation sites excluding steroid dienone is 2. The first-order valence-corrected chi connectivity index (χ1v) is 3.52. The summed E-state index contributed by atoms with van der Waals surface area (Å²) in [4.78, 5) is 15.7. The first-order chi connectivity index (χ1) is 5.77. The van der Waals surface area contributed by atoms with E-state index in [0.717, 1.165) is 0 Å². The molecule has 2 aliphatic rings. The highest BCUT2D eigenvalue weighted by molar-refractivity contribution is 5.89. The van der Waals surface area contributed by atoms with Crippen molar-refractivity contribution >= 4 is 5.91 Å². The Hall–Kier alpha value is -1.55. The van der Waals surface area contributed by atoms with E-state index in [0.29, 0.717) is 5.57 Å². The Morgan fingerprint density at radius 2 is 2.42 bits per heavy atom. The average Bonchev–Trinajstić information content (AvgIpc) is 2.07. The molecule has 1 heterocycles. The van der Waals surface area contributed by atoms with E-state index < -0.39 is 0 Å². The maximum absolute atomic E-state index is 10.8. The number of fused-ring (bicyclic) bond motifs is 1. The lowest BCUT2D eigenvalue weighted by atomic mass is 10.0. The molecule has 1 unspecified atom stereocenters. The van der Waals surface area contributed by atoms with Crippen molar-refractivity contribution in [1.82, 2.24) is 5.48 Å². The van der Waals surface area contributed by atoms with Gasteiger partial charge in [-0.3, -0.25) is 9.63 Å². The molecule has 0 saturated heterocycles. The fraction of sp³-hybridized carbons (Fsp3) is 0.125. The molecular weight excluding hydrogens is 158 g/mol. The topological polar surface area (TPSA) is 58.6 Å². The fourth-order valence-corrected chi connectivity index (χ4v) is 1.14. The molecule has 4 nitrogen and oxygen atoms in total. The third-order valence-corrected chi connectivity index (χ3v) is 1.72. The highest BCUT2D eigenvalue weighted by Crippen LogP contribution is 2.21. The van der Waals surface area contributed by atoms with E-state index in [1.54, 1.807) is 12.2 Å². The second-order valence-electron chi connectivity index (χ2n) is 2.54. The predicted octanol–water partition coefficient (Wildman–Crippen LogP) is 0.354. The van der Waals surface area contributed by atoms with E-state index in [2.05, 4.69) is 5.48 Å². The van der Waals surface area contributed by atoms with Gasteiger partial charge in [0.2, 0.25) is 0 Å². The normalized spacial score (nSPS) is 27.0. The van der Waals surface area contributed by atoms with Crippen LogP contribution >= 0.6 is 0 Å². The minimum atomic E-state index is -0.354. The van der Waals surface area contributed by atoms with Gasteiger partial charge in [-0.15, -0.1) is 0 Å². The molecule has 4 heteroatoms. The molecule has 1 aliphatic heterocycles. The molecule has 0 aromatic rings. The third-order valence-electron chi connectivity index (χ3n) is 1.72. The number of aliphatic hydroxyl groups is 1. The number of aliphatic hydroxyl groups excluding tert-OH is 1. The van der Waals surface area contributed by atoms with E-state index in [1.165, 1.54) is 12.2 Å². The minimum absolute atomic E-state index is 0.0809. The lowest BCUT2D eigenvalue weighted by Gasteiger charge is -2.22. The molecule has 0 saturated carbocycles. The number of carbonyl (C=O) groups is 1. The SMILES string of the molecule is O=C1C=C2C(O)=CC=CC2ON1. The van der Waals surface area contributed by atoms with Crippen molar-refractivity contribution in [2.45, 2.75) is 6.10 Å². The Labute approximate surface area is 68.8 Å². The van der Waals surface area contributed by atoms with E-state index in [-0.39, 0.29) is 17.8 Å². The molecule has 0 radical (unpaired) electrons. The number of carbonyl (C=O) groups excluding carboxylic acids is 1. The molecule has 1 amide bonds. The lowest BCUT2D eigenvalue weighted by Crippen LogP contribution is -2.35. The van der Waals surface area contributed by atoms with Crippen molar-refractivity contribution in [2.24, 2.45) is 0 Å². The quantitative estimate of drug-likeness (QED) is 0.544. The highest BCUT2D eigenvalue weighted by Gasteiger charge is 2.24. The highest BCUT2D eigenvalue weighted by atomic mass is 16.7. The van der Waals surface area contributed by atoms with Crippen molar-refractivity contribution in [2.75, 3.05) is 0 Å². The van der Waals surface area contributed by atoms with Crippen LogP contribution in [0.15, 0.2) is 35.6 Å². The van der Waals surface area contributed by atoms with Gasteiger partial charge in [0.05, 0.1) is 0 Å². The van der Waals surface area contributed by atoms with Crippen molar-refractivity contribution in [3.8, 4) is 0 Å². The first-order valence-electron chi connectivity index (χ1n) is 3.52.